The van der Waals surface area contributed by atoms with Crippen LogP contribution in [0, 0.1) is 11.6 Å². The van der Waals surface area contributed by atoms with Crippen LogP contribution in [0.5, 0.6) is 0 Å². The number of benzene rings is 1. The van der Waals surface area contributed by atoms with Crippen LogP contribution in [-0.4, -0.2) is 18.9 Å². The van der Waals surface area contributed by atoms with Crippen molar-refractivity contribution in [2.45, 2.75) is 19.4 Å². The molecule has 1 rings (SSSR count). The van der Waals surface area contributed by atoms with Crippen LogP contribution >= 0.6 is 0 Å². The molecule has 0 saturated heterocycles. The summed E-state index contributed by atoms with van der Waals surface area (Å²) in [5.74, 6) is -1.58. The molecule has 0 aliphatic rings. The maximum atomic E-state index is 13.2. The van der Waals surface area contributed by atoms with E-state index in [0.29, 0.717) is 0 Å². The molecule has 1 N–H and O–H groups in total. The number of carbonyl (C=O) groups excluding carboxylic acids is 1. The Labute approximate surface area is 87.3 Å². The highest BCUT2D eigenvalue weighted by Crippen LogP contribution is 2.13. The van der Waals surface area contributed by atoms with Crippen molar-refractivity contribution in [3.05, 3.63) is 35.4 Å². The largest absolute Gasteiger partial charge is 0.311 e. The molecule has 0 aliphatic carbocycles. The van der Waals surface area contributed by atoms with Gasteiger partial charge in [0, 0.05) is 12.0 Å². The first-order valence-corrected chi connectivity index (χ1v) is 4.69. The smallest absolute Gasteiger partial charge is 0.154 e. The Kier molecular flexibility index (Phi) is 3.91. The van der Waals surface area contributed by atoms with Crippen molar-refractivity contribution in [1.82, 2.24) is 5.32 Å². The van der Waals surface area contributed by atoms with Gasteiger partial charge in [-0.3, -0.25) is 4.79 Å². The Morgan fingerprint density at radius 2 is 1.93 bits per heavy atom. The molecular weight excluding hydrogens is 200 g/mol. The molecule has 1 aromatic rings. The third-order valence-corrected chi connectivity index (χ3v) is 2.33. The summed E-state index contributed by atoms with van der Waals surface area (Å²) in [7, 11) is 1.63. The van der Waals surface area contributed by atoms with Crippen molar-refractivity contribution in [2.24, 2.45) is 0 Å². The summed E-state index contributed by atoms with van der Waals surface area (Å²) in [6.45, 7) is 1.65. The van der Waals surface area contributed by atoms with Crippen molar-refractivity contribution in [2.75, 3.05) is 7.05 Å². The maximum absolute atomic E-state index is 13.2. The normalized spacial score (nSPS) is 12.5. The van der Waals surface area contributed by atoms with Crippen LogP contribution in [0.4, 0.5) is 8.78 Å². The standard InChI is InChI=1S/C11H13F2NO/c1-7(14-2)11(15)6-8-9(12)4-3-5-10(8)13/h3-5,7,14H,6H2,1-2H3. The molecule has 0 fully saturated rings. The highest BCUT2D eigenvalue weighted by molar-refractivity contribution is 5.85. The third kappa shape index (κ3) is 2.83. The van der Waals surface area contributed by atoms with E-state index in [2.05, 4.69) is 5.32 Å². The second kappa shape index (κ2) is 4.98. The molecule has 1 unspecified atom stereocenters. The molecule has 0 heterocycles. The summed E-state index contributed by atoms with van der Waals surface area (Å²) in [6.07, 6.45) is -0.222. The van der Waals surface area contributed by atoms with Gasteiger partial charge in [-0.25, -0.2) is 8.78 Å². The Morgan fingerprint density at radius 3 is 2.40 bits per heavy atom. The number of hydrogen-bond acceptors (Lipinski definition) is 2. The van der Waals surface area contributed by atoms with Gasteiger partial charge in [-0.15, -0.1) is 0 Å². The number of hydrogen-bond donors (Lipinski definition) is 1. The SMILES string of the molecule is CNC(C)C(=O)Cc1c(F)cccc1F. The van der Waals surface area contributed by atoms with Crippen LogP contribution in [-0.2, 0) is 11.2 Å². The molecule has 0 saturated carbocycles. The molecule has 1 atom stereocenters. The molecule has 1 aromatic carbocycles. The molecule has 2 nitrogen and oxygen atoms in total. The van der Waals surface area contributed by atoms with Crippen LogP contribution in [0.3, 0.4) is 0 Å². The van der Waals surface area contributed by atoms with E-state index >= 15 is 0 Å². The Bertz CT molecular complexity index is 345. The van der Waals surface area contributed by atoms with Gasteiger partial charge in [0.15, 0.2) is 5.78 Å². The minimum Gasteiger partial charge on any atom is -0.311 e. The van der Waals surface area contributed by atoms with E-state index in [4.69, 9.17) is 0 Å². The average molecular weight is 213 g/mol. The monoisotopic (exact) mass is 213 g/mol. The zero-order valence-corrected chi connectivity index (χ0v) is 8.68. The van der Waals surface area contributed by atoms with E-state index in [-0.39, 0.29) is 17.8 Å². The lowest BCUT2D eigenvalue weighted by Crippen LogP contribution is -2.32. The summed E-state index contributed by atoms with van der Waals surface area (Å²) in [4.78, 5) is 11.5. The van der Waals surface area contributed by atoms with Gasteiger partial charge in [-0.1, -0.05) is 6.07 Å². The molecule has 15 heavy (non-hydrogen) atoms. The topological polar surface area (TPSA) is 29.1 Å². The quantitative estimate of drug-likeness (QED) is 0.824. The van der Waals surface area contributed by atoms with Gasteiger partial charge in [0.2, 0.25) is 0 Å². The molecular formula is C11H13F2NO. The van der Waals surface area contributed by atoms with Crippen LogP contribution in [0.15, 0.2) is 18.2 Å². The zero-order valence-electron chi connectivity index (χ0n) is 8.68. The van der Waals surface area contributed by atoms with E-state index in [1.807, 2.05) is 0 Å². The van der Waals surface area contributed by atoms with Gasteiger partial charge in [0.05, 0.1) is 6.04 Å². The van der Waals surface area contributed by atoms with Gasteiger partial charge in [0.1, 0.15) is 11.6 Å². The molecule has 0 bridgehead atoms. The fourth-order valence-corrected chi connectivity index (χ4v) is 1.19. The van der Waals surface area contributed by atoms with Gasteiger partial charge < -0.3 is 5.32 Å². The number of rotatable bonds is 4. The molecule has 0 amide bonds. The van der Waals surface area contributed by atoms with E-state index in [9.17, 15) is 13.6 Å². The molecule has 0 aliphatic heterocycles. The number of carbonyl (C=O) groups is 1. The predicted molar refractivity (Wildman–Crippen MR) is 53.6 cm³/mol. The average Bonchev–Trinajstić information content (AvgIpc) is 2.22. The Balaban J connectivity index is 2.85. The van der Waals surface area contributed by atoms with E-state index < -0.39 is 17.7 Å². The van der Waals surface area contributed by atoms with E-state index in [1.54, 1.807) is 14.0 Å². The fourth-order valence-electron chi connectivity index (χ4n) is 1.19. The second-order valence-electron chi connectivity index (χ2n) is 3.35. The lowest BCUT2D eigenvalue weighted by molar-refractivity contribution is -0.120. The van der Waals surface area contributed by atoms with E-state index in [0.717, 1.165) is 12.1 Å². The highest BCUT2D eigenvalue weighted by Gasteiger charge is 2.16. The third-order valence-electron chi connectivity index (χ3n) is 2.33. The minimum atomic E-state index is -0.674. The summed E-state index contributed by atoms with van der Waals surface area (Å²) >= 11 is 0. The van der Waals surface area contributed by atoms with Gasteiger partial charge in [0.25, 0.3) is 0 Å². The Hall–Kier alpha value is -1.29. The molecule has 0 spiro atoms. The number of nitrogens with one attached hydrogen (secondary N) is 1. The number of likely N-dealkylation sites (N-methyl/N-ethyl adjacent to an activating group) is 1. The summed E-state index contributed by atoms with van der Waals surface area (Å²) in [5.41, 5.74) is -0.162. The van der Waals surface area contributed by atoms with Crippen LogP contribution < -0.4 is 5.32 Å². The van der Waals surface area contributed by atoms with Crippen molar-refractivity contribution >= 4 is 5.78 Å². The maximum Gasteiger partial charge on any atom is 0.154 e. The number of ketones is 1. The second-order valence-corrected chi connectivity index (χ2v) is 3.35. The van der Waals surface area contributed by atoms with Gasteiger partial charge in [-0.05, 0) is 26.1 Å². The summed E-state index contributed by atoms with van der Waals surface area (Å²) < 4.78 is 26.3. The van der Waals surface area contributed by atoms with Crippen LogP contribution in [0.2, 0.25) is 0 Å². The van der Waals surface area contributed by atoms with Crippen LogP contribution in [0.1, 0.15) is 12.5 Å². The van der Waals surface area contributed by atoms with Crippen molar-refractivity contribution in [3.8, 4) is 0 Å². The molecule has 0 radical (unpaired) electrons. The summed E-state index contributed by atoms with van der Waals surface area (Å²) in [5, 5.41) is 2.73. The van der Waals surface area contributed by atoms with Crippen molar-refractivity contribution < 1.29 is 13.6 Å². The lowest BCUT2D eigenvalue weighted by Gasteiger charge is -2.09. The number of halogens is 2. The summed E-state index contributed by atoms with van der Waals surface area (Å²) in [6, 6.07) is 3.18. The first-order chi connectivity index (χ1) is 7.06. The van der Waals surface area contributed by atoms with Crippen molar-refractivity contribution in [1.29, 1.82) is 0 Å². The number of Topliss-reactive ketones (excluding diaryl/α,β-unsaturated/α-hetero) is 1. The Morgan fingerprint density at radius 1 is 1.40 bits per heavy atom. The van der Waals surface area contributed by atoms with Gasteiger partial charge in [-0.2, -0.15) is 0 Å². The van der Waals surface area contributed by atoms with E-state index in [1.165, 1.54) is 6.07 Å². The zero-order chi connectivity index (χ0) is 11.4. The first kappa shape index (κ1) is 11.8. The first-order valence-electron chi connectivity index (χ1n) is 4.69. The molecule has 82 valence electrons. The van der Waals surface area contributed by atoms with Crippen LogP contribution in [0.25, 0.3) is 0 Å². The highest BCUT2D eigenvalue weighted by atomic mass is 19.1. The predicted octanol–water partition coefficient (Wildman–Crippen LogP) is 1.68. The van der Waals surface area contributed by atoms with Gasteiger partial charge >= 0.3 is 0 Å². The minimum absolute atomic E-state index is 0.162. The lowest BCUT2D eigenvalue weighted by atomic mass is 10.0. The fraction of sp³-hybridized carbons (Fsp3) is 0.364. The molecule has 4 heteroatoms. The molecule has 0 aromatic heterocycles. The van der Waals surface area contributed by atoms with Crippen molar-refractivity contribution in [3.63, 3.8) is 0 Å².